The smallest absolute Gasteiger partial charge is 0.350 e. The van der Waals surface area contributed by atoms with Crippen molar-refractivity contribution in [3.05, 3.63) is 133 Å². The predicted molar refractivity (Wildman–Crippen MR) is 151 cm³/mol. The SMILES string of the molecule is COc1ccc(C(OC[C@H]2O[C@@H](n3cc([N+](=O)[O-])c(=O)[nH]c3=O)C[C@@H]2O)(c2ccccc2)c2ccc(OC)cc2)cc1. The van der Waals surface area contributed by atoms with Gasteiger partial charge in [-0.2, -0.15) is 0 Å². The van der Waals surface area contributed by atoms with Crippen LogP contribution in [-0.4, -0.2) is 52.6 Å². The largest absolute Gasteiger partial charge is 0.497 e. The molecule has 0 amide bonds. The minimum atomic E-state index is -1.17. The van der Waals surface area contributed by atoms with E-state index in [2.05, 4.69) is 0 Å². The first-order valence-corrected chi connectivity index (χ1v) is 13.1. The van der Waals surface area contributed by atoms with Crippen molar-refractivity contribution in [1.29, 1.82) is 0 Å². The van der Waals surface area contributed by atoms with E-state index in [1.807, 2.05) is 83.8 Å². The number of nitrogens with zero attached hydrogens (tertiary/aromatic N) is 2. The number of hydrogen-bond donors (Lipinski definition) is 2. The molecule has 0 unspecified atom stereocenters. The van der Waals surface area contributed by atoms with Crippen molar-refractivity contribution in [3.8, 4) is 11.5 Å². The maximum absolute atomic E-state index is 12.5. The van der Waals surface area contributed by atoms with E-state index in [4.69, 9.17) is 18.9 Å². The minimum Gasteiger partial charge on any atom is -0.497 e. The van der Waals surface area contributed by atoms with Gasteiger partial charge in [-0.3, -0.25) is 24.5 Å². The molecule has 5 rings (SSSR count). The average molecular weight is 576 g/mol. The van der Waals surface area contributed by atoms with Crippen molar-refractivity contribution in [2.75, 3.05) is 20.8 Å². The summed E-state index contributed by atoms with van der Waals surface area (Å²) in [4.78, 5) is 36.6. The van der Waals surface area contributed by atoms with Crippen LogP contribution in [0.25, 0.3) is 0 Å². The highest BCUT2D eigenvalue weighted by molar-refractivity contribution is 5.49. The molecule has 1 aliphatic rings. The van der Waals surface area contributed by atoms with Crippen molar-refractivity contribution in [1.82, 2.24) is 9.55 Å². The molecule has 0 bridgehead atoms. The second kappa shape index (κ2) is 12.0. The van der Waals surface area contributed by atoms with Gasteiger partial charge in [-0.05, 0) is 41.0 Å². The molecule has 2 heterocycles. The van der Waals surface area contributed by atoms with Gasteiger partial charge in [0.2, 0.25) is 0 Å². The molecule has 1 aliphatic heterocycles. The quantitative estimate of drug-likeness (QED) is 0.165. The van der Waals surface area contributed by atoms with Gasteiger partial charge < -0.3 is 24.1 Å². The van der Waals surface area contributed by atoms with Gasteiger partial charge in [0.15, 0.2) is 0 Å². The Morgan fingerprint density at radius 1 is 0.952 bits per heavy atom. The zero-order valence-electron chi connectivity index (χ0n) is 22.8. The molecule has 2 N–H and O–H groups in total. The lowest BCUT2D eigenvalue weighted by Gasteiger charge is -2.37. The van der Waals surface area contributed by atoms with Gasteiger partial charge in [-0.25, -0.2) is 4.79 Å². The Morgan fingerprint density at radius 3 is 2.02 bits per heavy atom. The highest BCUT2D eigenvalue weighted by atomic mass is 16.6. The van der Waals surface area contributed by atoms with E-state index in [0.29, 0.717) is 11.5 Å². The third kappa shape index (κ3) is 5.42. The zero-order valence-corrected chi connectivity index (χ0v) is 22.8. The number of benzene rings is 3. The predicted octanol–water partition coefficient (Wildman–Crippen LogP) is 3.12. The summed E-state index contributed by atoms with van der Waals surface area (Å²) in [7, 11) is 3.16. The van der Waals surface area contributed by atoms with Crippen LogP contribution in [0.2, 0.25) is 0 Å². The highest BCUT2D eigenvalue weighted by Gasteiger charge is 2.42. The van der Waals surface area contributed by atoms with E-state index in [1.54, 1.807) is 14.2 Å². The van der Waals surface area contributed by atoms with Gasteiger partial charge in [0.25, 0.3) is 0 Å². The third-order valence-corrected chi connectivity index (χ3v) is 7.30. The van der Waals surface area contributed by atoms with Crippen LogP contribution in [0.4, 0.5) is 5.69 Å². The van der Waals surface area contributed by atoms with E-state index in [9.17, 15) is 24.8 Å². The summed E-state index contributed by atoms with van der Waals surface area (Å²) in [6.07, 6.45) is -2.28. The van der Waals surface area contributed by atoms with Crippen LogP contribution < -0.4 is 20.7 Å². The Hall–Kier alpha value is -4.78. The van der Waals surface area contributed by atoms with Gasteiger partial charge >= 0.3 is 16.9 Å². The van der Waals surface area contributed by atoms with Crippen LogP contribution in [0, 0.1) is 10.1 Å². The number of H-pyrrole nitrogens is 1. The second-order valence-electron chi connectivity index (χ2n) is 9.69. The van der Waals surface area contributed by atoms with E-state index in [1.165, 1.54) is 0 Å². The lowest BCUT2D eigenvalue weighted by molar-refractivity contribution is -0.387. The number of aromatic nitrogens is 2. The summed E-state index contributed by atoms with van der Waals surface area (Å²) >= 11 is 0. The Balaban J connectivity index is 1.53. The van der Waals surface area contributed by atoms with Gasteiger partial charge in [-0.15, -0.1) is 0 Å². The van der Waals surface area contributed by atoms with Gasteiger partial charge in [-0.1, -0.05) is 54.6 Å². The Kier molecular flexibility index (Phi) is 8.20. The first-order valence-electron chi connectivity index (χ1n) is 13.1. The molecule has 0 radical (unpaired) electrons. The molecule has 3 atom stereocenters. The molecular formula is C30H29N3O9. The molecule has 3 aromatic carbocycles. The van der Waals surface area contributed by atoms with E-state index in [0.717, 1.165) is 27.5 Å². The van der Waals surface area contributed by atoms with Crippen molar-refractivity contribution in [2.24, 2.45) is 0 Å². The highest BCUT2D eigenvalue weighted by Crippen LogP contribution is 2.42. The number of nitrogens with one attached hydrogen (secondary N) is 1. The average Bonchev–Trinajstić information content (AvgIpc) is 3.38. The maximum atomic E-state index is 12.5. The molecule has 42 heavy (non-hydrogen) atoms. The van der Waals surface area contributed by atoms with Crippen LogP contribution >= 0.6 is 0 Å². The Labute approximate surface area is 239 Å². The number of methoxy groups -OCH3 is 2. The van der Waals surface area contributed by atoms with Gasteiger partial charge in [0.05, 0.1) is 38.1 Å². The van der Waals surface area contributed by atoms with Crippen molar-refractivity contribution in [3.63, 3.8) is 0 Å². The van der Waals surface area contributed by atoms with Crippen molar-refractivity contribution >= 4 is 5.69 Å². The fourth-order valence-corrected chi connectivity index (χ4v) is 5.14. The fraction of sp³-hybridized carbons (Fsp3) is 0.267. The van der Waals surface area contributed by atoms with Gasteiger partial charge in [0.1, 0.15) is 29.4 Å². The lowest BCUT2D eigenvalue weighted by Crippen LogP contribution is -2.38. The van der Waals surface area contributed by atoms with Crippen LogP contribution in [0.15, 0.2) is 94.6 Å². The monoisotopic (exact) mass is 575 g/mol. The summed E-state index contributed by atoms with van der Waals surface area (Å²) in [6.45, 7) is -0.120. The number of ether oxygens (including phenoxy) is 4. The molecule has 218 valence electrons. The summed E-state index contributed by atoms with van der Waals surface area (Å²) in [6, 6.07) is 24.4. The lowest BCUT2D eigenvalue weighted by atomic mass is 9.80. The first-order chi connectivity index (χ1) is 20.3. The third-order valence-electron chi connectivity index (χ3n) is 7.30. The number of aliphatic hydroxyl groups is 1. The number of hydrogen-bond acceptors (Lipinski definition) is 9. The van der Waals surface area contributed by atoms with E-state index < -0.39 is 45.9 Å². The molecule has 0 aliphatic carbocycles. The molecular weight excluding hydrogens is 546 g/mol. The molecule has 1 fully saturated rings. The topological polar surface area (TPSA) is 155 Å². The molecule has 1 saturated heterocycles. The van der Waals surface area contributed by atoms with E-state index in [-0.39, 0.29) is 13.0 Å². The zero-order chi connectivity index (χ0) is 29.9. The van der Waals surface area contributed by atoms with Gasteiger partial charge in [0, 0.05) is 6.42 Å². The fourth-order valence-electron chi connectivity index (χ4n) is 5.14. The summed E-state index contributed by atoms with van der Waals surface area (Å²) in [5, 5.41) is 22.2. The number of aromatic amines is 1. The summed E-state index contributed by atoms with van der Waals surface area (Å²) in [5.74, 6) is 1.32. The number of nitro groups is 1. The number of rotatable bonds is 10. The molecule has 12 heteroatoms. The molecule has 4 aromatic rings. The van der Waals surface area contributed by atoms with Crippen molar-refractivity contribution < 1.29 is 29.0 Å². The molecule has 0 saturated carbocycles. The minimum absolute atomic E-state index is 0.0550. The van der Waals surface area contributed by atoms with Crippen LogP contribution in [-0.2, 0) is 15.1 Å². The Morgan fingerprint density at radius 2 is 1.50 bits per heavy atom. The van der Waals surface area contributed by atoms with E-state index >= 15 is 0 Å². The van der Waals surface area contributed by atoms with Crippen LogP contribution in [0.3, 0.4) is 0 Å². The first kappa shape index (κ1) is 28.7. The van der Waals surface area contributed by atoms with Crippen LogP contribution in [0.5, 0.6) is 11.5 Å². The summed E-state index contributed by atoms with van der Waals surface area (Å²) < 4.78 is 24.4. The number of aliphatic hydroxyl groups excluding tert-OH is 1. The second-order valence-corrected chi connectivity index (χ2v) is 9.69. The molecule has 1 aromatic heterocycles. The normalized spacial score (nSPS) is 18.5. The maximum Gasteiger partial charge on any atom is 0.350 e. The standard InChI is InChI=1S/C30H29N3O9/c1-39-22-12-8-20(9-13-22)30(19-6-4-3-5-7-19,21-10-14-23(40-2)15-11-21)41-18-26-25(34)16-27(42-26)32-17-24(33(37)38)28(35)31-29(32)36/h3-15,17,25-27,34H,16,18H2,1-2H3,(H,31,35,36)/t25-,26+,27+/m0/s1. The van der Waals surface area contributed by atoms with Crippen LogP contribution in [0.1, 0.15) is 29.3 Å². The Bertz CT molecular complexity index is 1600. The molecule has 12 nitrogen and oxygen atoms in total. The van der Waals surface area contributed by atoms with Crippen molar-refractivity contribution in [2.45, 2.75) is 30.5 Å². The molecule has 0 spiro atoms. The summed E-state index contributed by atoms with van der Waals surface area (Å²) in [5.41, 5.74) is -1.64.